The van der Waals surface area contributed by atoms with Crippen molar-refractivity contribution in [1.29, 1.82) is 0 Å². The van der Waals surface area contributed by atoms with Gasteiger partial charge in [-0.25, -0.2) is 0 Å². The Bertz CT molecular complexity index is 328. The predicted octanol–water partition coefficient (Wildman–Crippen LogP) is 0.891. The fraction of sp³-hybridized carbons (Fsp3) is 0.583. The van der Waals surface area contributed by atoms with Crippen LogP contribution in [0.3, 0.4) is 0 Å². The molecule has 1 aliphatic rings. The second kappa shape index (κ2) is 6.18. The molecule has 0 aromatic heterocycles. The molecule has 0 saturated heterocycles. The summed E-state index contributed by atoms with van der Waals surface area (Å²) in [6.45, 7) is 4.25. The zero-order valence-electron chi connectivity index (χ0n) is 10.1. The van der Waals surface area contributed by atoms with Crippen molar-refractivity contribution in [3.63, 3.8) is 0 Å². The molecule has 0 atom stereocenters. The number of carbonyl (C=O) groups is 3. The number of ether oxygens (including phenoxy) is 1. The highest BCUT2D eigenvalue weighted by atomic mass is 16.5. The highest BCUT2D eigenvalue weighted by molar-refractivity contribution is 6.12. The van der Waals surface area contributed by atoms with E-state index in [-0.39, 0.29) is 30.9 Å². The Morgan fingerprint density at radius 3 is 2.41 bits per heavy atom. The number of carbonyl (C=O) groups excluding carboxylic acids is 3. The van der Waals surface area contributed by atoms with Crippen LogP contribution < -0.4 is 0 Å². The summed E-state index contributed by atoms with van der Waals surface area (Å²) in [5, 5.41) is 0. The minimum Gasteiger partial charge on any atom is -0.464 e. The van der Waals surface area contributed by atoms with E-state index in [9.17, 15) is 14.4 Å². The maximum absolute atomic E-state index is 11.3. The molecular weight excluding hydrogens is 222 g/mol. The lowest BCUT2D eigenvalue weighted by Gasteiger charge is -2.13. The van der Waals surface area contributed by atoms with Gasteiger partial charge < -0.3 is 4.74 Å². The van der Waals surface area contributed by atoms with Crippen molar-refractivity contribution >= 4 is 17.8 Å². The maximum atomic E-state index is 11.3. The van der Waals surface area contributed by atoms with Crippen LogP contribution in [0.1, 0.15) is 26.7 Å². The summed E-state index contributed by atoms with van der Waals surface area (Å²) in [5.41, 5.74) is 0. The van der Waals surface area contributed by atoms with Gasteiger partial charge in [0.25, 0.3) is 11.8 Å². The van der Waals surface area contributed by atoms with Gasteiger partial charge in [0.15, 0.2) is 0 Å². The first-order valence-electron chi connectivity index (χ1n) is 5.70. The largest absolute Gasteiger partial charge is 0.464 e. The van der Waals surface area contributed by atoms with Gasteiger partial charge in [0, 0.05) is 18.6 Å². The van der Waals surface area contributed by atoms with E-state index in [4.69, 9.17) is 4.74 Å². The third-order valence-corrected chi connectivity index (χ3v) is 2.40. The lowest BCUT2D eigenvalue weighted by atomic mass is 10.1. The summed E-state index contributed by atoms with van der Waals surface area (Å²) >= 11 is 0. The minimum absolute atomic E-state index is 0.0656. The van der Waals surface area contributed by atoms with Crippen LogP contribution in [0.2, 0.25) is 0 Å². The molecule has 5 nitrogen and oxygen atoms in total. The van der Waals surface area contributed by atoms with E-state index in [0.717, 1.165) is 11.3 Å². The van der Waals surface area contributed by atoms with Crippen molar-refractivity contribution in [2.45, 2.75) is 26.7 Å². The van der Waals surface area contributed by atoms with E-state index in [0.29, 0.717) is 12.3 Å². The van der Waals surface area contributed by atoms with Crippen LogP contribution in [0.15, 0.2) is 12.2 Å². The number of nitrogens with zero attached hydrogens (tertiary/aromatic N) is 1. The molecule has 0 aromatic carbocycles. The summed E-state index contributed by atoms with van der Waals surface area (Å²) in [6, 6.07) is 0. The molecule has 0 aliphatic carbocycles. The van der Waals surface area contributed by atoms with E-state index in [2.05, 4.69) is 0 Å². The Hall–Kier alpha value is -1.65. The molecule has 94 valence electrons. The van der Waals surface area contributed by atoms with Crippen LogP contribution in [-0.2, 0) is 19.1 Å². The first kappa shape index (κ1) is 13.4. The molecule has 0 bridgehead atoms. The number of esters is 1. The first-order valence-corrected chi connectivity index (χ1v) is 5.70. The zero-order chi connectivity index (χ0) is 12.8. The van der Waals surface area contributed by atoms with Gasteiger partial charge in [-0.05, 0) is 12.3 Å². The molecule has 0 radical (unpaired) electrons. The fourth-order valence-corrected chi connectivity index (χ4v) is 1.38. The van der Waals surface area contributed by atoms with Crippen molar-refractivity contribution in [3.05, 3.63) is 12.2 Å². The van der Waals surface area contributed by atoms with Gasteiger partial charge in [0.1, 0.15) is 6.61 Å². The van der Waals surface area contributed by atoms with Crippen molar-refractivity contribution < 1.29 is 19.1 Å². The molecule has 0 unspecified atom stereocenters. The van der Waals surface area contributed by atoms with Crippen molar-refractivity contribution in [2.75, 3.05) is 13.2 Å². The third-order valence-electron chi connectivity index (χ3n) is 2.40. The standard InChI is InChI=1S/C12H17NO4/c1-9(2)3-6-12(16)17-8-7-13-10(14)4-5-11(13)15/h4-5,9H,3,6-8H2,1-2H3. The molecular formula is C12H17NO4. The Kier molecular flexibility index (Phi) is 4.87. The summed E-state index contributed by atoms with van der Waals surface area (Å²) in [7, 11) is 0. The SMILES string of the molecule is CC(C)CCC(=O)OCCN1C(=O)C=CC1=O. The number of amides is 2. The van der Waals surface area contributed by atoms with E-state index < -0.39 is 0 Å². The molecule has 1 rings (SSSR count). The molecule has 0 aromatic rings. The molecule has 5 heteroatoms. The van der Waals surface area contributed by atoms with Crippen LogP contribution in [0.4, 0.5) is 0 Å². The van der Waals surface area contributed by atoms with Crippen LogP contribution >= 0.6 is 0 Å². The van der Waals surface area contributed by atoms with Crippen LogP contribution in [0.25, 0.3) is 0 Å². The Balaban J connectivity index is 2.18. The predicted molar refractivity (Wildman–Crippen MR) is 60.9 cm³/mol. The van der Waals surface area contributed by atoms with Gasteiger partial charge in [0.2, 0.25) is 0 Å². The topological polar surface area (TPSA) is 63.7 Å². The number of imide groups is 1. The number of hydrogen-bond donors (Lipinski definition) is 0. The summed E-state index contributed by atoms with van der Waals surface area (Å²) in [4.78, 5) is 34.6. The quantitative estimate of drug-likeness (QED) is 0.510. The Morgan fingerprint density at radius 2 is 1.88 bits per heavy atom. The number of rotatable bonds is 6. The Labute approximate surface area is 100 Å². The Morgan fingerprint density at radius 1 is 1.29 bits per heavy atom. The van der Waals surface area contributed by atoms with Crippen LogP contribution in [0, 0.1) is 5.92 Å². The second-order valence-corrected chi connectivity index (χ2v) is 4.31. The van der Waals surface area contributed by atoms with Crippen LogP contribution in [-0.4, -0.2) is 35.8 Å². The lowest BCUT2D eigenvalue weighted by molar-refractivity contribution is -0.147. The fourth-order valence-electron chi connectivity index (χ4n) is 1.38. The molecule has 0 saturated carbocycles. The van der Waals surface area contributed by atoms with Gasteiger partial charge in [-0.3, -0.25) is 19.3 Å². The average Bonchev–Trinajstić information content (AvgIpc) is 2.57. The molecule has 0 fully saturated rings. The van der Waals surface area contributed by atoms with E-state index in [1.54, 1.807) is 0 Å². The van der Waals surface area contributed by atoms with E-state index in [1.807, 2.05) is 13.8 Å². The first-order chi connectivity index (χ1) is 8.00. The number of hydrogen-bond acceptors (Lipinski definition) is 4. The van der Waals surface area contributed by atoms with E-state index in [1.165, 1.54) is 12.2 Å². The van der Waals surface area contributed by atoms with E-state index >= 15 is 0 Å². The van der Waals surface area contributed by atoms with Crippen LogP contribution in [0.5, 0.6) is 0 Å². The minimum atomic E-state index is -0.353. The van der Waals surface area contributed by atoms with Gasteiger partial charge in [-0.15, -0.1) is 0 Å². The molecule has 0 spiro atoms. The van der Waals surface area contributed by atoms with Gasteiger partial charge in [-0.2, -0.15) is 0 Å². The van der Waals surface area contributed by atoms with Gasteiger partial charge in [0.05, 0.1) is 6.54 Å². The smallest absolute Gasteiger partial charge is 0.305 e. The van der Waals surface area contributed by atoms with Crippen molar-refractivity contribution in [3.8, 4) is 0 Å². The molecule has 17 heavy (non-hydrogen) atoms. The second-order valence-electron chi connectivity index (χ2n) is 4.31. The molecule has 2 amide bonds. The van der Waals surface area contributed by atoms with Crippen molar-refractivity contribution in [1.82, 2.24) is 4.90 Å². The maximum Gasteiger partial charge on any atom is 0.305 e. The van der Waals surface area contributed by atoms with Gasteiger partial charge in [-0.1, -0.05) is 13.8 Å². The highest BCUT2D eigenvalue weighted by Gasteiger charge is 2.22. The lowest BCUT2D eigenvalue weighted by Crippen LogP contribution is -2.33. The summed E-state index contributed by atoms with van der Waals surface area (Å²) in [5.74, 6) is -0.541. The molecule has 1 aliphatic heterocycles. The van der Waals surface area contributed by atoms with Gasteiger partial charge >= 0.3 is 5.97 Å². The summed E-state index contributed by atoms with van der Waals surface area (Å²) < 4.78 is 4.94. The summed E-state index contributed by atoms with van der Waals surface area (Å²) in [6.07, 6.45) is 3.58. The van der Waals surface area contributed by atoms with Crippen molar-refractivity contribution in [2.24, 2.45) is 5.92 Å². The third kappa shape index (κ3) is 4.38. The monoisotopic (exact) mass is 239 g/mol. The highest BCUT2D eigenvalue weighted by Crippen LogP contribution is 2.05. The normalized spacial score (nSPS) is 14.9. The average molecular weight is 239 g/mol. The zero-order valence-corrected chi connectivity index (χ0v) is 10.1. The molecule has 1 heterocycles. The molecule has 0 N–H and O–H groups in total.